The molecule has 0 bridgehead atoms. The summed E-state index contributed by atoms with van der Waals surface area (Å²) in [4.78, 5) is 16.2. The van der Waals surface area contributed by atoms with Crippen molar-refractivity contribution in [2.24, 2.45) is 0 Å². The van der Waals surface area contributed by atoms with Crippen molar-refractivity contribution < 1.29 is 19.0 Å². The van der Waals surface area contributed by atoms with Gasteiger partial charge in [-0.2, -0.15) is 9.94 Å². The van der Waals surface area contributed by atoms with Crippen LogP contribution in [0.25, 0.3) is 0 Å². The largest absolute Gasteiger partial charge is 0.319 e. The average Bonchev–Trinajstić information content (AvgIpc) is 2.60. The highest BCUT2D eigenvalue weighted by atomic mass is 31.2. The van der Waals surface area contributed by atoms with Gasteiger partial charge in [-0.3, -0.25) is 10.1 Å². The fraction of sp³-hybridized carbons (Fsp3) is 0.611. The van der Waals surface area contributed by atoms with Crippen molar-refractivity contribution in [3.8, 4) is 6.07 Å². The van der Waals surface area contributed by atoms with Gasteiger partial charge in [-0.05, 0) is 27.7 Å². The third kappa shape index (κ3) is 7.49. The zero-order valence-electron chi connectivity index (χ0n) is 16.5. The number of nitrogens with zero attached hydrogens (tertiary/aromatic N) is 3. The van der Waals surface area contributed by atoms with Crippen molar-refractivity contribution in [1.82, 2.24) is 4.67 Å². The third-order valence-corrected chi connectivity index (χ3v) is 5.70. The van der Waals surface area contributed by atoms with Crippen LogP contribution in [0.4, 0.5) is 5.69 Å². The number of rotatable bonds is 12. The molecule has 0 spiro atoms. The lowest BCUT2D eigenvalue weighted by Gasteiger charge is -2.34. The Hall–Kier alpha value is -1.62. The number of hydrogen-bond acceptors (Lipinski definition) is 7. The molecule has 1 aromatic carbocycles. The molecular weight excluding hydrogens is 369 g/mol. The van der Waals surface area contributed by atoms with Crippen LogP contribution in [0.2, 0.25) is 0 Å². The van der Waals surface area contributed by atoms with Crippen LogP contribution in [-0.2, 0) is 14.1 Å². The fourth-order valence-corrected chi connectivity index (χ4v) is 4.01. The maximum Gasteiger partial charge on any atom is 0.292 e. The number of nitro benzene ring substituents is 1. The highest BCUT2D eigenvalue weighted by Crippen LogP contribution is 2.46. The van der Waals surface area contributed by atoms with Crippen LogP contribution in [0, 0.1) is 21.4 Å². The van der Waals surface area contributed by atoms with Crippen molar-refractivity contribution in [2.75, 3.05) is 13.2 Å². The lowest BCUT2D eigenvalue weighted by atomic mass is 10.0. The number of para-hydroxylation sites is 1. The van der Waals surface area contributed by atoms with Gasteiger partial charge in [0.2, 0.25) is 0 Å². The number of nitriles is 1. The topological polar surface area (TPSA) is 97.9 Å². The number of nitro groups is 1. The van der Waals surface area contributed by atoms with E-state index in [1.165, 1.54) is 6.07 Å². The predicted octanol–water partition coefficient (Wildman–Crippen LogP) is 4.92. The minimum absolute atomic E-state index is 0.0621. The molecule has 2 atom stereocenters. The molecule has 2 unspecified atom stereocenters. The average molecular weight is 397 g/mol. The second-order valence-corrected chi connectivity index (χ2v) is 7.97. The molecule has 150 valence electrons. The molecule has 0 radical (unpaired) electrons. The van der Waals surface area contributed by atoms with E-state index in [9.17, 15) is 10.1 Å². The van der Waals surface area contributed by atoms with E-state index in [4.69, 9.17) is 19.3 Å². The van der Waals surface area contributed by atoms with E-state index in [0.717, 1.165) is 0 Å². The summed E-state index contributed by atoms with van der Waals surface area (Å²) in [6, 6.07) is 8.95. The molecule has 9 heteroatoms. The molecule has 0 aromatic heterocycles. The molecule has 0 saturated heterocycles. The highest BCUT2D eigenvalue weighted by molar-refractivity contribution is 7.44. The SMILES string of the molecule is CC(COOP(OCCC#N)N(C(C)C)C(C)C)c1ccccc1[N+](=O)[O-]. The van der Waals surface area contributed by atoms with Crippen molar-refractivity contribution in [3.05, 3.63) is 39.9 Å². The van der Waals surface area contributed by atoms with Gasteiger partial charge in [0.15, 0.2) is 0 Å². The van der Waals surface area contributed by atoms with E-state index in [2.05, 4.69) is 0 Å². The first-order valence-electron chi connectivity index (χ1n) is 8.90. The van der Waals surface area contributed by atoms with Crippen LogP contribution < -0.4 is 0 Å². The Morgan fingerprint density at radius 2 is 1.85 bits per heavy atom. The van der Waals surface area contributed by atoms with E-state index >= 15 is 0 Å². The van der Waals surface area contributed by atoms with Crippen LogP contribution in [0.1, 0.15) is 52.5 Å². The van der Waals surface area contributed by atoms with Gasteiger partial charge in [-0.1, -0.05) is 25.1 Å². The van der Waals surface area contributed by atoms with Gasteiger partial charge in [0.1, 0.15) is 0 Å². The fourth-order valence-electron chi connectivity index (χ4n) is 2.61. The summed E-state index contributed by atoms with van der Waals surface area (Å²) in [5, 5.41) is 19.9. The van der Waals surface area contributed by atoms with Crippen molar-refractivity contribution in [3.63, 3.8) is 0 Å². The Balaban J connectivity index is 2.75. The zero-order valence-corrected chi connectivity index (χ0v) is 17.4. The first-order valence-corrected chi connectivity index (χ1v) is 10.0. The van der Waals surface area contributed by atoms with Crippen LogP contribution >= 0.6 is 8.53 Å². The molecule has 1 aromatic rings. The molecule has 1 rings (SSSR count). The lowest BCUT2D eigenvalue weighted by molar-refractivity contribution is -0.385. The Bertz CT molecular complexity index is 628. The summed E-state index contributed by atoms with van der Waals surface area (Å²) in [5.41, 5.74) is 0.650. The smallest absolute Gasteiger partial charge is 0.292 e. The molecule has 0 heterocycles. The summed E-state index contributed by atoms with van der Waals surface area (Å²) >= 11 is 0. The Morgan fingerprint density at radius 1 is 1.22 bits per heavy atom. The van der Waals surface area contributed by atoms with E-state index in [1.54, 1.807) is 18.2 Å². The quantitative estimate of drug-likeness (QED) is 0.162. The lowest BCUT2D eigenvalue weighted by Crippen LogP contribution is -2.33. The molecule has 0 aliphatic rings. The summed E-state index contributed by atoms with van der Waals surface area (Å²) in [6.45, 7) is 10.4. The van der Waals surface area contributed by atoms with Gasteiger partial charge < -0.3 is 4.52 Å². The van der Waals surface area contributed by atoms with E-state index < -0.39 is 13.4 Å². The van der Waals surface area contributed by atoms with Gasteiger partial charge >= 0.3 is 0 Å². The second-order valence-electron chi connectivity index (χ2n) is 6.62. The highest BCUT2D eigenvalue weighted by Gasteiger charge is 2.29. The van der Waals surface area contributed by atoms with Gasteiger partial charge in [0.05, 0.1) is 30.6 Å². The molecular formula is C18H28N3O5P. The minimum Gasteiger partial charge on any atom is -0.319 e. The summed E-state index contributed by atoms with van der Waals surface area (Å²) in [6.07, 6.45) is 0.263. The Kier molecular flexibility index (Phi) is 10.4. The summed E-state index contributed by atoms with van der Waals surface area (Å²) in [5.74, 6) is -0.228. The van der Waals surface area contributed by atoms with E-state index in [1.807, 2.05) is 45.4 Å². The zero-order chi connectivity index (χ0) is 20.4. The van der Waals surface area contributed by atoms with Crippen LogP contribution in [0.15, 0.2) is 24.3 Å². The predicted molar refractivity (Wildman–Crippen MR) is 104 cm³/mol. The molecule has 27 heavy (non-hydrogen) atoms. The molecule has 0 N–H and O–H groups in total. The molecule has 0 fully saturated rings. The first-order chi connectivity index (χ1) is 12.8. The van der Waals surface area contributed by atoms with Crippen molar-refractivity contribution >= 4 is 14.2 Å². The standard InChI is InChI=1S/C18H28N3O5P/c1-14(2)20(15(3)4)27(25-12-8-11-19)26-24-13-16(5)17-9-6-7-10-18(17)21(22)23/h6-7,9-10,14-16H,8,12-13H2,1-5H3. The number of benzene rings is 1. The minimum atomic E-state index is -1.51. The molecule has 0 amide bonds. The van der Waals surface area contributed by atoms with E-state index in [-0.39, 0.29) is 43.3 Å². The van der Waals surface area contributed by atoms with Crippen molar-refractivity contribution in [1.29, 1.82) is 5.26 Å². The van der Waals surface area contributed by atoms with Gasteiger partial charge in [-0.15, -0.1) is 0 Å². The van der Waals surface area contributed by atoms with Gasteiger partial charge in [-0.25, -0.2) is 9.56 Å². The van der Waals surface area contributed by atoms with Crippen LogP contribution in [-0.4, -0.2) is 34.9 Å². The van der Waals surface area contributed by atoms with E-state index in [0.29, 0.717) is 5.56 Å². The summed E-state index contributed by atoms with van der Waals surface area (Å²) in [7, 11) is -1.51. The van der Waals surface area contributed by atoms with Crippen molar-refractivity contribution in [2.45, 2.75) is 59.0 Å². The third-order valence-electron chi connectivity index (χ3n) is 3.76. The normalized spacial score (nSPS) is 13.7. The molecule has 0 aliphatic carbocycles. The summed E-state index contributed by atoms with van der Waals surface area (Å²) < 4.78 is 13.3. The molecule has 0 saturated carbocycles. The second kappa shape index (κ2) is 12.0. The number of hydrogen-bond donors (Lipinski definition) is 0. The van der Waals surface area contributed by atoms with Crippen LogP contribution in [0.3, 0.4) is 0 Å². The maximum absolute atomic E-state index is 11.2. The first kappa shape index (κ1) is 23.4. The maximum atomic E-state index is 11.2. The molecule has 0 aliphatic heterocycles. The Labute approximate surface area is 162 Å². The van der Waals surface area contributed by atoms with Gasteiger partial charge in [0.25, 0.3) is 14.2 Å². The Morgan fingerprint density at radius 3 is 2.41 bits per heavy atom. The monoisotopic (exact) mass is 397 g/mol. The molecule has 8 nitrogen and oxygen atoms in total. The van der Waals surface area contributed by atoms with Gasteiger partial charge in [0, 0.05) is 29.6 Å². The van der Waals surface area contributed by atoms with Crippen LogP contribution in [0.5, 0.6) is 0 Å².